The van der Waals surface area contributed by atoms with Gasteiger partial charge in [-0.1, -0.05) is 30.3 Å². The summed E-state index contributed by atoms with van der Waals surface area (Å²) < 4.78 is 13.4. The van der Waals surface area contributed by atoms with Crippen molar-refractivity contribution in [2.75, 3.05) is 11.6 Å². The molecule has 1 amide bonds. The zero-order valence-corrected chi connectivity index (χ0v) is 17.1. The minimum atomic E-state index is -0.944. The van der Waals surface area contributed by atoms with E-state index in [1.165, 1.54) is 0 Å². The highest BCUT2D eigenvalue weighted by molar-refractivity contribution is 7.83. The second-order valence-electron chi connectivity index (χ2n) is 7.00. The predicted molar refractivity (Wildman–Crippen MR) is 118 cm³/mol. The van der Waals surface area contributed by atoms with Gasteiger partial charge in [0, 0.05) is 52.0 Å². The van der Waals surface area contributed by atoms with E-state index in [1.807, 2.05) is 72.2 Å². The minimum absolute atomic E-state index is 0.190. The molecular weight excluding hydrogens is 382 g/mol. The van der Waals surface area contributed by atoms with Gasteiger partial charge in [0.2, 0.25) is 0 Å². The van der Waals surface area contributed by atoms with Crippen molar-refractivity contribution in [3.63, 3.8) is 0 Å². The molecule has 4 aromatic rings. The summed E-state index contributed by atoms with van der Waals surface area (Å²) in [5.74, 6) is 0.249. The first kappa shape index (κ1) is 19.1. The smallest absolute Gasteiger partial charge is 0.255 e. The van der Waals surface area contributed by atoms with Crippen LogP contribution >= 0.6 is 0 Å². The number of nitrogens with zero attached hydrogens (tertiary/aromatic N) is 2. The number of anilines is 1. The number of nitrogens with one attached hydrogen (secondary N) is 1. The third-order valence-electron chi connectivity index (χ3n) is 4.68. The molecule has 2 aromatic carbocycles. The van der Waals surface area contributed by atoms with Gasteiger partial charge in [-0.2, -0.15) is 0 Å². The first-order valence-electron chi connectivity index (χ1n) is 9.25. The van der Waals surface area contributed by atoms with Crippen LogP contribution in [0.2, 0.25) is 0 Å². The molecule has 0 fully saturated rings. The Labute approximate surface area is 171 Å². The van der Waals surface area contributed by atoms with E-state index in [9.17, 15) is 9.00 Å². The Morgan fingerprint density at radius 3 is 2.62 bits per heavy atom. The molecule has 4 rings (SSSR count). The Morgan fingerprint density at radius 2 is 1.90 bits per heavy atom. The van der Waals surface area contributed by atoms with E-state index < -0.39 is 10.8 Å². The standard InChI is InChI=1S/C23H21N3O2S/c1-16-5-4-12-26-14-21(25-22(16)26)18-8-10-20(11-9-18)24-23(27)19-7-3-6-17(13-19)15-29(2)28/h3-14H,15H2,1-2H3,(H,24,27). The summed E-state index contributed by atoms with van der Waals surface area (Å²) in [6.07, 6.45) is 5.63. The fraction of sp³-hybridized carbons (Fsp3) is 0.130. The molecule has 0 saturated carbocycles. The van der Waals surface area contributed by atoms with Crippen LogP contribution in [0.5, 0.6) is 0 Å². The Morgan fingerprint density at radius 1 is 1.10 bits per heavy atom. The van der Waals surface area contributed by atoms with Crippen LogP contribution in [0.3, 0.4) is 0 Å². The third kappa shape index (κ3) is 4.27. The lowest BCUT2D eigenvalue weighted by Crippen LogP contribution is -2.12. The average Bonchev–Trinajstić information content (AvgIpc) is 3.14. The van der Waals surface area contributed by atoms with Gasteiger partial charge < -0.3 is 9.72 Å². The SMILES string of the molecule is Cc1cccn2cc(-c3ccc(NC(=O)c4cccc(CS(C)=O)c4)cc3)nc12. The van der Waals surface area contributed by atoms with Crippen LogP contribution < -0.4 is 5.32 Å². The normalized spacial score (nSPS) is 12.1. The van der Waals surface area contributed by atoms with E-state index in [4.69, 9.17) is 4.98 Å². The van der Waals surface area contributed by atoms with E-state index in [1.54, 1.807) is 18.4 Å². The van der Waals surface area contributed by atoms with Crippen LogP contribution in [0.4, 0.5) is 5.69 Å². The average molecular weight is 404 g/mol. The van der Waals surface area contributed by atoms with Crippen molar-refractivity contribution in [1.82, 2.24) is 9.38 Å². The molecule has 0 aliphatic rings. The molecule has 0 saturated heterocycles. The van der Waals surface area contributed by atoms with Crippen LogP contribution in [0.1, 0.15) is 21.5 Å². The van der Waals surface area contributed by atoms with Gasteiger partial charge >= 0.3 is 0 Å². The Bertz CT molecular complexity index is 1210. The lowest BCUT2D eigenvalue weighted by Gasteiger charge is -2.07. The molecule has 1 unspecified atom stereocenters. The number of hydrogen-bond donors (Lipinski definition) is 1. The van der Waals surface area contributed by atoms with Gasteiger partial charge in [-0.25, -0.2) is 4.98 Å². The molecule has 0 spiro atoms. The molecule has 5 nitrogen and oxygen atoms in total. The van der Waals surface area contributed by atoms with Gasteiger partial charge in [-0.05, 0) is 48.4 Å². The molecule has 1 N–H and O–H groups in total. The van der Waals surface area contributed by atoms with E-state index >= 15 is 0 Å². The van der Waals surface area contributed by atoms with Gasteiger partial charge in [0.15, 0.2) is 0 Å². The lowest BCUT2D eigenvalue weighted by atomic mass is 10.1. The molecule has 146 valence electrons. The van der Waals surface area contributed by atoms with Crippen LogP contribution in [-0.2, 0) is 16.6 Å². The number of carbonyl (C=O) groups excluding carboxylic acids is 1. The number of aromatic nitrogens is 2. The van der Waals surface area contributed by atoms with Gasteiger partial charge in [0.1, 0.15) is 5.65 Å². The van der Waals surface area contributed by atoms with Crippen LogP contribution in [-0.4, -0.2) is 25.8 Å². The maximum absolute atomic E-state index is 12.6. The maximum Gasteiger partial charge on any atom is 0.255 e. The zero-order valence-electron chi connectivity index (χ0n) is 16.3. The molecule has 29 heavy (non-hydrogen) atoms. The van der Waals surface area contributed by atoms with E-state index in [-0.39, 0.29) is 5.91 Å². The number of imidazole rings is 1. The minimum Gasteiger partial charge on any atom is -0.322 e. The maximum atomic E-state index is 12.6. The molecule has 0 aliphatic heterocycles. The second kappa shape index (κ2) is 8.01. The highest BCUT2D eigenvalue weighted by Crippen LogP contribution is 2.23. The first-order chi connectivity index (χ1) is 14.0. The predicted octanol–water partition coefficient (Wildman–Crippen LogP) is 4.44. The van der Waals surface area contributed by atoms with E-state index in [0.29, 0.717) is 17.0 Å². The summed E-state index contributed by atoms with van der Waals surface area (Å²) in [5, 5.41) is 2.91. The first-order valence-corrected chi connectivity index (χ1v) is 11.0. The molecule has 2 aromatic heterocycles. The van der Waals surface area contributed by atoms with Crippen LogP contribution in [0.15, 0.2) is 73.1 Å². The van der Waals surface area contributed by atoms with Gasteiger partial charge in [0.05, 0.1) is 5.69 Å². The molecular formula is C23H21N3O2S. The summed E-state index contributed by atoms with van der Waals surface area (Å²) in [6, 6.07) is 18.9. The van der Waals surface area contributed by atoms with E-state index in [0.717, 1.165) is 28.0 Å². The molecule has 0 bridgehead atoms. The number of pyridine rings is 1. The van der Waals surface area contributed by atoms with E-state index in [2.05, 4.69) is 5.32 Å². The van der Waals surface area contributed by atoms with Crippen LogP contribution in [0.25, 0.3) is 16.9 Å². The number of amides is 1. The van der Waals surface area contributed by atoms with Crippen molar-refractivity contribution in [3.05, 3.63) is 89.7 Å². The largest absolute Gasteiger partial charge is 0.322 e. The summed E-state index contributed by atoms with van der Waals surface area (Å²) in [4.78, 5) is 17.3. The number of fused-ring (bicyclic) bond motifs is 1. The lowest BCUT2D eigenvalue weighted by molar-refractivity contribution is 0.102. The van der Waals surface area contributed by atoms with Gasteiger partial charge in [0.25, 0.3) is 5.91 Å². The number of benzene rings is 2. The number of rotatable bonds is 5. The molecule has 6 heteroatoms. The third-order valence-corrected chi connectivity index (χ3v) is 5.42. The van der Waals surface area contributed by atoms with Crippen LogP contribution in [0, 0.1) is 6.92 Å². The van der Waals surface area contributed by atoms with Gasteiger partial charge in [-0.15, -0.1) is 0 Å². The summed E-state index contributed by atoms with van der Waals surface area (Å²) in [7, 11) is -0.944. The van der Waals surface area contributed by atoms with Gasteiger partial charge in [-0.3, -0.25) is 9.00 Å². The fourth-order valence-electron chi connectivity index (χ4n) is 3.26. The monoisotopic (exact) mass is 403 g/mol. The summed E-state index contributed by atoms with van der Waals surface area (Å²) >= 11 is 0. The molecule has 0 radical (unpaired) electrons. The molecule has 2 heterocycles. The molecule has 0 aliphatic carbocycles. The quantitative estimate of drug-likeness (QED) is 0.536. The summed E-state index contributed by atoms with van der Waals surface area (Å²) in [5.41, 5.74) is 6.08. The number of carbonyl (C=O) groups is 1. The van der Waals surface area contributed by atoms with Crippen molar-refractivity contribution in [2.45, 2.75) is 12.7 Å². The molecule has 1 atom stereocenters. The van der Waals surface area contributed by atoms with Crippen molar-refractivity contribution < 1.29 is 9.00 Å². The van der Waals surface area contributed by atoms with Crippen molar-refractivity contribution >= 4 is 28.0 Å². The van der Waals surface area contributed by atoms with Crippen molar-refractivity contribution in [3.8, 4) is 11.3 Å². The number of aryl methyl sites for hydroxylation is 1. The highest BCUT2D eigenvalue weighted by atomic mass is 32.2. The topological polar surface area (TPSA) is 63.5 Å². The second-order valence-corrected chi connectivity index (χ2v) is 8.43. The zero-order chi connectivity index (χ0) is 20.4. The highest BCUT2D eigenvalue weighted by Gasteiger charge is 2.09. The summed E-state index contributed by atoms with van der Waals surface area (Å²) in [6.45, 7) is 2.04. The Balaban J connectivity index is 1.51. The fourth-order valence-corrected chi connectivity index (χ4v) is 3.91. The Kier molecular flexibility index (Phi) is 5.27. The number of hydrogen-bond acceptors (Lipinski definition) is 3. The Hall–Kier alpha value is -3.25. The van der Waals surface area contributed by atoms with Crippen molar-refractivity contribution in [1.29, 1.82) is 0 Å². The van der Waals surface area contributed by atoms with Crippen molar-refractivity contribution in [2.24, 2.45) is 0 Å².